The average Bonchev–Trinajstić information content (AvgIpc) is 2.46. The van der Waals surface area contributed by atoms with Crippen LogP contribution < -0.4 is 10.6 Å². The zero-order valence-electron chi connectivity index (χ0n) is 11.8. The Hall–Kier alpha value is -1.10. The summed E-state index contributed by atoms with van der Waals surface area (Å²) < 4.78 is 0. The number of carbonyl (C=O) groups excluding carboxylic acids is 2. The number of amides is 2. The van der Waals surface area contributed by atoms with Crippen molar-refractivity contribution >= 4 is 11.8 Å². The lowest BCUT2D eigenvalue weighted by atomic mass is 9.91. The zero-order chi connectivity index (χ0) is 13.7. The standard InChI is InChI=1S/C14H25N3O2/c1-11-12(6-5-7-15-11)14(19)16-10-13(18)17-8-3-2-4-9-17/h11-12,15H,2-10H2,1H3,(H,16,19). The first-order valence-corrected chi connectivity index (χ1v) is 7.47. The quantitative estimate of drug-likeness (QED) is 0.783. The molecule has 0 aliphatic carbocycles. The second-order valence-corrected chi connectivity index (χ2v) is 5.65. The zero-order valence-corrected chi connectivity index (χ0v) is 11.8. The summed E-state index contributed by atoms with van der Waals surface area (Å²) in [7, 11) is 0. The summed E-state index contributed by atoms with van der Waals surface area (Å²) in [4.78, 5) is 25.9. The minimum Gasteiger partial charge on any atom is -0.347 e. The molecule has 2 heterocycles. The van der Waals surface area contributed by atoms with Crippen molar-refractivity contribution in [3.63, 3.8) is 0 Å². The molecule has 2 N–H and O–H groups in total. The highest BCUT2D eigenvalue weighted by molar-refractivity contribution is 5.86. The molecule has 0 radical (unpaired) electrons. The van der Waals surface area contributed by atoms with E-state index >= 15 is 0 Å². The molecule has 0 spiro atoms. The van der Waals surface area contributed by atoms with Crippen LogP contribution in [0.15, 0.2) is 0 Å². The van der Waals surface area contributed by atoms with Crippen LogP contribution >= 0.6 is 0 Å². The largest absolute Gasteiger partial charge is 0.347 e. The highest BCUT2D eigenvalue weighted by atomic mass is 16.2. The third kappa shape index (κ3) is 3.93. The molecular weight excluding hydrogens is 242 g/mol. The van der Waals surface area contributed by atoms with Gasteiger partial charge in [-0.3, -0.25) is 9.59 Å². The molecule has 108 valence electrons. The Bertz CT molecular complexity index is 327. The lowest BCUT2D eigenvalue weighted by Gasteiger charge is -2.30. The number of carbonyl (C=O) groups is 2. The number of rotatable bonds is 3. The maximum absolute atomic E-state index is 12.1. The molecule has 2 rings (SSSR count). The van der Waals surface area contributed by atoms with Crippen LogP contribution in [0.25, 0.3) is 0 Å². The predicted molar refractivity (Wildman–Crippen MR) is 73.6 cm³/mol. The second kappa shape index (κ2) is 6.89. The molecule has 2 atom stereocenters. The fraction of sp³-hybridized carbons (Fsp3) is 0.857. The van der Waals surface area contributed by atoms with Gasteiger partial charge >= 0.3 is 0 Å². The van der Waals surface area contributed by atoms with Crippen LogP contribution in [0.4, 0.5) is 0 Å². The number of nitrogens with zero attached hydrogens (tertiary/aromatic N) is 1. The Labute approximate surface area is 115 Å². The van der Waals surface area contributed by atoms with Crippen LogP contribution in [0.5, 0.6) is 0 Å². The van der Waals surface area contributed by atoms with E-state index in [9.17, 15) is 9.59 Å². The van der Waals surface area contributed by atoms with E-state index in [1.54, 1.807) is 0 Å². The number of nitrogens with one attached hydrogen (secondary N) is 2. The summed E-state index contributed by atoms with van der Waals surface area (Å²) in [5, 5.41) is 6.12. The molecule has 5 nitrogen and oxygen atoms in total. The van der Waals surface area contributed by atoms with Crippen molar-refractivity contribution < 1.29 is 9.59 Å². The molecule has 2 unspecified atom stereocenters. The van der Waals surface area contributed by atoms with Crippen LogP contribution in [-0.4, -0.2) is 48.9 Å². The van der Waals surface area contributed by atoms with Gasteiger partial charge in [0.05, 0.1) is 12.5 Å². The molecule has 2 aliphatic rings. The van der Waals surface area contributed by atoms with E-state index in [1.165, 1.54) is 6.42 Å². The Morgan fingerprint density at radius 3 is 2.63 bits per heavy atom. The monoisotopic (exact) mass is 267 g/mol. The molecule has 2 saturated heterocycles. The van der Waals surface area contributed by atoms with Gasteiger partial charge in [-0.25, -0.2) is 0 Å². The smallest absolute Gasteiger partial charge is 0.241 e. The van der Waals surface area contributed by atoms with Gasteiger partial charge < -0.3 is 15.5 Å². The van der Waals surface area contributed by atoms with Crippen LogP contribution in [0.1, 0.15) is 39.0 Å². The molecule has 19 heavy (non-hydrogen) atoms. The first-order chi connectivity index (χ1) is 9.18. The Kier molecular flexibility index (Phi) is 5.19. The van der Waals surface area contributed by atoms with Gasteiger partial charge in [0.1, 0.15) is 0 Å². The van der Waals surface area contributed by atoms with Crippen molar-refractivity contribution in [1.82, 2.24) is 15.5 Å². The SMILES string of the molecule is CC1NCCCC1C(=O)NCC(=O)N1CCCCC1. The van der Waals surface area contributed by atoms with Crippen molar-refractivity contribution in [3.8, 4) is 0 Å². The van der Waals surface area contributed by atoms with E-state index in [0.717, 1.165) is 45.3 Å². The van der Waals surface area contributed by atoms with Gasteiger partial charge in [0, 0.05) is 19.1 Å². The molecule has 2 fully saturated rings. The van der Waals surface area contributed by atoms with E-state index in [4.69, 9.17) is 0 Å². The third-order valence-corrected chi connectivity index (χ3v) is 4.22. The number of hydrogen-bond acceptors (Lipinski definition) is 3. The lowest BCUT2D eigenvalue weighted by Crippen LogP contribution is -2.49. The number of hydrogen-bond donors (Lipinski definition) is 2. The van der Waals surface area contributed by atoms with Gasteiger partial charge in [-0.2, -0.15) is 0 Å². The summed E-state index contributed by atoms with van der Waals surface area (Å²) >= 11 is 0. The summed E-state index contributed by atoms with van der Waals surface area (Å²) in [6.07, 6.45) is 5.33. The van der Waals surface area contributed by atoms with E-state index in [1.807, 2.05) is 11.8 Å². The first kappa shape index (κ1) is 14.3. The second-order valence-electron chi connectivity index (χ2n) is 5.65. The molecule has 0 aromatic rings. The van der Waals surface area contributed by atoms with Gasteiger partial charge in [0.15, 0.2) is 0 Å². The number of piperidine rings is 2. The molecular formula is C14H25N3O2. The van der Waals surface area contributed by atoms with E-state index in [0.29, 0.717) is 0 Å². The fourth-order valence-corrected chi connectivity index (χ4v) is 2.95. The molecule has 0 bridgehead atoms. The minimum atomic E-state index is 0.00269. The van der Waals surface area contributed by atoms with E-state index < -0.39 is 0 Å². The van der Waals surface area contributed by atoms with Gasteiger partial charge in [-0.15, -0.1) is 0 Å². The Morgan fingerprint density at radius 2 is 1.95 bits per heavy atom. The van der Waals surface area contributed by atoms with Crippen LogP contribution in [0, 0.1) is 5.92 Å². The van der Waals surface area contributed by atoms with Gasteiger partial charge in [-0.05, 0) is 45.6 Å². The fourth-order valence-electron chi connectivity index (χ4n) is 2.95. The van der Waals surface area contributed by atoms with Crippen molar-refractivity contribution in [2.24, 2.45) is 5.92 Å². The summed E-state index contributed by atoms with van der Waals surface area (Å²) in [6, 6.07) is 0.207. The molecule has 0 saturated carbocycles. The highest BCUT2D eigenvalue weighted by Crippen LogP contribution is 2.16. The van der Waals surface area contributed by atoms with Gasteiger partial charge in [-0.1, -0.05) is 0 Å². The predicted octanol–water partition coefficient (Wildman–Crippen LogP) is 0.503. The van der Waals surface area contributed by atoms with Crippen molar-refractivity contribution in [3.05, 3.63) is 0 Å². The van der Waals surface area contributed by atoms with Gasteiger partial charge in [0.2, 0.25) is 11.8 Å². The Morgan fingerprint density at radius 1 is 1.21 bits per heavy atom. The molecule has 0 aromatic carbocycles. The Balaban J connectivity index is 1.74. The van der Waals surface area contributed by atoms with Crippen LogP contribution in [-0.2, 0) is 9.59 Å². The average molecular weight is 267 g/mol. The van der Waals surface area contributed by atoms with Crippen molar-refractivity contribution in [2.45, 2.75) is 45.1 Å². The summed E-state index contributed by atoms with van der Waals surface area (Å²) in [5.41, 5.74) is 0. The lowest BCUT2D eigenvalue weighted by molar-refractivity contribution is -0.135. The van der Waals surface area contributed by atoms with E-state index in [-0.39, 0.29) is 30.3 Å². The van der Waals surface area contributed by atoms with Crippen LogP contribution in [0.3, 0.4) is 0 Å². The number of likely N-dealkylation sites (tertiary alicyclic amines) is 1. The van der Waals surface area contributed by atoms with Crippen LogP contribution in [0.2, 0.25) is 0 Å². The normalized spacial score (nSPS) is 27.9. The van der Waals surface area contributed by atoms with Gasteiger partial charge in [0.25, 0.3) is 0 Å². The minimum absolute atomic E-state index is 0.00269. The summed E-state index contributed by atoms with van der Waals surface area (Å²) in [6.45, 7) is 4.86. The maximum atomic E-state index is 12.1. The summed E-state index contributed by atoms with van der Waals surface area (Å²) in [5.74, 6) is 0.0810. The van der Waals surface area contributed by atoms with Crippen molar-refractivity contribution in [1.29, 1.82) is 0 Å². The molecule has 0 aromatic heterocycles. The van der Waals surface area contributed by atoms with Crippen molar-refractivity contribution in [2.75, 3.05) is 26.2 Å². The topological polar surface area (TPSA) is 61.4 Å². The molecule has 5 heteroatoms. The molecule has 2 amide bonds. The highest BCUT2D eigenvalue weighted by Gasteiger charge is 2.28. The third-order valence-electron chi connectivity index (χ3n) is 4.22. The first-order valence-electron chi connectivity index (χ1n) is 7.47. The van der Waals surface area contributed by atoms with E-state index in [2.05, 4.69) is 10.6 Å². The maximum Gasteiger partial charge on any atom is 0.241 e. The molecule has 2 aliphatic heterocycles.